The van der Waals surface area contributed by atoms with Crippen LogP contribution in [0, 0.1) is 5.92 Å². The van der Waals surface area contributed by atoms with Gasteiger partial charge in [0.25, 0.3) is 0 Å². The quantitative estimate of drug-likeness (QED) is 0.295. The molecule has 7 nitrogen and oxygen atoms in total. The maximum atomic E-state index is 11.8. The minimum atomic E-state index is 0. The number of carbonyl (C=O) groups excluding carboxylic acids is 1. The minimum Gasteiger partial charge on any atom is -0.379 e. The third-order valence-corrected chi connectivity index (χ3v) is 4.22. The minimum absolute atomic E-state index is 0. The van der Waals surface area contributed by atoms with Crippen LogP contribution in [0.4, 0.5) is 0 Å². The lowest BCUT2D eigenvalue weighted by atomic mass is 10.0. The van der Waals surface area contributed by atoms with Crippen molar-refractivity contribution in [3.05, 3.63) is 0 Å². The molecule has 0 aromatic heterocycles. The van der Waals surface area contributed by atoms with Crippen molar-refractivity contribution in [2.24, 2.45) is 10.9 Å². The molecule has 1 unspecified atom stereocenters. The van der Waals surface area contributed by atoms with E-state index in [9.17, 15) is 4.79 Å². The number of halogens is 1. The van der Waals surface area contributed by atoms with Crippen LogP contribution in [0.5, 0.6) is 0 Å². The van der Waals surface area contributed by atoms with Crippen molar-refractivity contribution in [3.63, 3.8) is 0 Å². The fraction of sp³-hybridized carbons (Fsp3) is 0.889. The van der Waals surface area contributed by atoms with Gasteiger partial charge >= 0.3 is 0 Å². The molecule has 1 fully saturated rings. The molecular formula is C18H38IN5O2. The maximum absolute atomic E-state index is 11.8. The highest BCUT2D eigenvalue weighted by Gasteiger charge is 2.22. The van der Waals surface area contributed by atoms with Crippen molar-refractivity contribution in [1.82, 2.24) is 20.4 Å². The third kappa shape index (κ3) is 10.5. The van der Waals surface area contributed by atoms with Crippen LogP contribution < -0.4 is 10.6 Å². The number of nitrogens with one attached hydrogen (secondary N) is 2. The molecule has 2 N–H and O–H groups in total. The van der Waals surface area contributed by atoms with Gasteiger partial charge in [0.05, 0.1) is 13.2 Å². The Morgan fingerprint density at radius 3 is 2.42 bits per heavy atom. The molecule has 8 heteroatoms. The van der Waals surface area contributed by atoms with Crippen molar-refractivity contribution in [3.8, 4) is 0 Å². The number of amides is 1. The van der Waals surface area contributed by atoms with Gasteiger partial charge in [-0.25, -0.2) is 4.99 Å². The van der Waals surface area contributed by atoms with Crippen LogP contribution in [0.2, 0.25) is 0 Å². The lowest BCUT2D eigenvalue weighted by Gasteiger charge is -2.35. The van der Waals surface area contributed by atoms with E-state index in [0.717, 1.165) is 58.2 Å². The summed E-state index contributed by atoms with van der Waals surface area (Å²) in [7, 11) is 3.50. The highest BCUT2D eigenvalue weighted by Crippen LogP contribution is 2.12. The number of morpholine rings is 1. The number of hydrogen-bond donors (Lipinski definition) is 2. The molecule has 1 heterocycles. The lowest BCUT2D eigenvalue weighted by Crippen LogP contribution is -2.51. The highest BCUT2D eigenvalue weighted by molar-refractivity contribution is 14.0. The molecule has 1 saturated heterocycles. The standard InChI is InChI=1S/C18H37N5O2.HI/c1-6-7-19-18(21-14-17(24)22(4)5)20-13-16(12-15(2)3)23-8-10-25-11-9-23;/h15-16H,6-14H2,1-5H3,(H2,19,20,21);1H. The summed E-state index contributed by atoms with van der Waals surface area (Å²) in [6.07, 6.45) is 2.14. The Bertz CT molecular complexity index is 412. The van der Waals surface area contributed by atoms with Crippen LogP contribution in [-0.4, -0.2) is 87.7 Å². The van der Waals surface area contributed by atoms with E-state index in [-0.39, 0.29) is 36.4 Å². The van der Waals surface area contributed by atoms with E-state index in [2.05, 4.69) is 41.3 Å². The van der Waals surface area contributed by atoms with E-state index >= 15 is 0 Å². The molecule has 1 rings (SSSR count). The third-order valence-electron chi connectivity index (χ3n) is 4.22. The number of rotatable bonds is 9. The van der Waals surface area contributed by atoms with Gasteiger partial charge in [0.1, 0.15) is 6.54 Å². The van der Waals surface area contributed by atoms with E-state index in [1.54, 1.807) is 19.0 Å². The van der Waals surface area contributed by atoms with Gasteiger partial charge in [-0.2, -0.15) is 0 Å². The average Bonchev–Trinajstić information content (AvgIpc) is 2.59. The monoisotopic (exact) mass is 483 g/mol. The fourth-order valence-corrected chi connectivity index (χ4v) is 2.77. The summed E-state index contributed by atoms with van der Waals surface area (Å²) < 4.78 is 5.48. The number of aliphatic imine (C=N–C) groups is 1. The van der Waals surface area contributed by atoms with Gasteiger partial charge in [-0.3, -0.25) is 9.69 Å². The van der Waals surface area contributed by atoms with Crippen molar-refractivity contribution in [2.75, 3.05) is 60.0 Å². The molecule has 0 radical (unpaired) electrons. The summed E-state index contributed by atoms with van der Waals surface area (Å²) in [6, 6.07) is 0.446. The van der Waals surface area contributed by atoms with Crippen molar-refractivity contribution >= 4 is 35.8 Å². The summed E-state index contributed by atoms with van der Waals surface area (Å²) in [6.45, 7) is 12.0. The number of carbonyl (C=O) groups is 1. The van der Waals surface area contributed by atoms with E-state index in [1.807, 2.05) is 0 Å². The molecular weight excluding hydrogens is 445 g/mol. The summed E-state index contributed by atoms with van der Waals surface area (Å²) >= 11 is 0. The van der Waals surface area contributed by atoms with Gasteiger partial charge in [-0.1, -0.05) is 20.8 Å². The molecule has 1 aliphatic rings. The van der Waals surface area contributed by atoms with Gasteiger partial charge in [0.2, 0.25) is 5.91 Å². The zero-order valence-corrected chi connectivity index (χ0v) is 19.4. The topological polar surface area (TPSA) is 69.2 Å². The molecule has 26 heavy (non-hydrogen) atoms. The Hall–Kier alpha value is -0.610. The van der Waals surface area contributed by atoms with Crippen LogP contribution in [0.25, 0.3) is 0 Å². The zero-order valence-electron chi connectivity index (χ0n) is 17.1. The smallest absolute Gasteiger partial charge is 0.243 e. The van der Waals surface area contributed by atoms with Crippen LogP contribution in [0.15, 0.2) is 4.99 Å². The molecule has 1 aliphatic heterocycles. The first-order chi connectivity index (χ1) is 11.9. The van der Waals surface area contributed by atoms with E-state index in [0.29, 0.717) is 12.0 Å². The summed E-state index contributed by atoms with van der Waals surface area (Å²) in [5, 5.41) is 6.74. The van der Waals surface area contributed by atoms with Gasteiger partial charge in [0, 0.05) is 46.3 Å². The van der Waals surface area contributed by atoms with Gasteiger partial charge in [-0.05, 0) is 18.8 Å². The van der Waals surface area contributed by atoms with Gasteiger partial charge in [0.15, 0.2) is 5.96 Å². The molecule has 0 aromatic carbocycles. The predicted octanol–water partition coefficient (Wildman–Crippen LogP) is 1.38. The van der Waals surface area contributed by atoms with Crippen molar-refractivity contribution < 1.29 is 9.53 Å². The molecule has 0 saturated carbocycles. The lowest BCUT2D eigenvalue weighted by molar-refractivity contribution is -0.127. The predicted molar refractivity (Wildman–Crippen MR) is 118 cm³/mol. The van der Waals surface area contributed by atoms with Gasteiger partial charge < -0.3 is 20.3 Å². The van der Waals surface area contributed by atoms with Crippen molar-refractivity contribution in [2.45, 2.75) is 39.7 Å². The second-order valence-electron chi connectivity index (χ2n) is 7.19. The average molecular weight is 483 g/mol. The Morgan fingerprint density at radius 1 is 1.23 bits per heavy atom. The molecule has 0 aliphatic carbocycles. The number of hydrogen-bond acceptors (Lipinski definition) is 4. The normalized spacial score (nSPS) is 16.8. The Kier molecular flexibility index (Phi) is 14.1. The fourth-order valence-electron chi connectivity index (χ4n) is 2.77. The first-order valence-electron chi connectivity index (χ1n) is 9.48. The first kappa shape index (κ1) is 25.4. The SMILES string of the molecule is CCCNC(=NCC(=O)N(C)C)NCC(CC(C)C)N1CCOCC1.I. The van der Waals surface area contributed by atoms with Crippen LogP contribution in [-0.2, 0) is 9.53 Å². The second-order valence-corrected chi connectivity index (χ2v) is 7.19. The molecule has 0 spiro atoms. The first-order valence-corrected chi connectivity index (χ1v) is 9.48. The largest absolute Gasteiger partial charge is 0.379 e. The number of guanidine groups is 1. The number of nitrogens with zero attached hydrogens (tertiary/aromatic N) is 3. The number of ether oxygens (including phenoxy) is 1. The van der Waals surface area contributed by atoms with E-state index in [1.165, 1.54) is 0 Å². The summed E-state index contributed by atoms with van der Waals surface area (Å²) in [5.74, 6) is 1.36. The molecule has 0 aromatic rings. The van der Waals surface area contributed by atoms with Crippen LogP contribution in [0.1, 0.15) is 33.6 Å². The summed E-state index contributed by atoms with van der Waals surface area (Å²) in [4.78, 5) is 20.3. The second kappa shape index (κ2) is 14.4. The van der Waals surface area contributed by atoms with Crippen LogP contribution >= 0.6 is 24.0 Å². The van der Waals surface area contributed by atoms with E-state index < -0.39 is 0 Å². The van der Waals surface area contributed by atoms with E-state index in [4.69, 9.17) is 4.74 Å². The molecule has 1 atom stereocenters. The Labute approximate surface area is 176 Å². The molecule has 0 bridgehead atoms. The van der Waals surface area contributed by atoms with Gasteiger partial charge in [-0.15, -0.1) is 24.0 Å². The van der Waals surface area contributed by atoms with Crippen LogP contribution in [0.3, 0.4) is 0 Å². The highest BCUT2D eigenvalue weighted by atomic mass is 127. The maximum Gasteiger partial charge on any atom is 0.243 e. The molecule has 1 amide bonds. The Balaban J connectivity index is 0.00000625. The zero-order chi connectivity index (χ0) is 18.7. The molecule has 154 valence electrons. The number of likely N-dealkylation sites (N-methyl/N-ethyl adjacent to an activating group) is 1. The Morgan fingerprint density at radius 2 is 1.88 bits per heavy atom. The van der Waals surface area contributed by atoms with Crippen molar-refractivity contribution in [1.29, 1.82) is 0 Å². The summed E-state index contributed by atoms with van der Waals surface area (Å²) in [5.41, 5.74) is 0.